The third-order valence-electron chi connectivity index (χ3n) is 2.13. The summed E-state index contributed by atoms with van der Waals surface area (Å²) < 4.78 is 11.7. The van der Waals surface area contributed by atoms with Gasteiger partial charge in [0.1, 0.15) is 0 Å². The lowest BCUT2D eigenvalue weighted by Crippen LogP contribution is -1.98. The van der Waals surface area contributed by atoms with Gasteiger partial charge in [-0.25, -0.2) is 0 Å². The van der Waals surface area contributed by atoms with Crippen molar-refractivity contribution >= 4 is 13.1 Å². The number of benzene rings is 1. The Labute approximate surface area is 73.6 Å². The fourth-order valence-corrected chi connectivity index (χ4v) is 2.89. The average molecular weight is 179 g/mol. The highest BCUT2D eigenvalue weighted by Crippen LogP contribution is 2.43. The van der Waals surface area contributed by atoms with Crippen LogP contribution in [0.2, 0.25) is 0 Å². The molecule has 0 bridgehead atoms. The van der Waals surface area contributed by atoms with Gasteiger partial charge >= 0.3 is 7.80 Å². The molecule has 1 atom stereocenters. The molecule has 0 aromatic heterocycles. The molecule has 1 aliphatic rings. The molecule has 1 aromatic rings. The maximum Gasteiger partial charge on any atom is 0.380 e. The molecular weight excluding hydrogens is 167 g/mol. The van der Waals surface area contributed by atoms with Crippen molar-refractivity contribution in [2.24, 2.45) is 0 Å². The molecule has 1 aromatic carbocycles. The van der Waals surface area contributed by atoms with E-state index in [0.29, 0.717) is 5.66 Å². The van der Waals surface area contributed by atoms with Crippen LogP contribution < -0.4 is 5.30 Å². The summed E-state index contributed by atoms with van der Waals surface area (Å²) >= 11 is 0. The van der Waals surface area contributed by atoms with Crippen molar-refractivity contribution in [3.05, 3.63) is 29.8 Å². The monoisotopic (exact) mass is 179 g/mol. The molecule has 0 spiro atoms. The van der Waals surface area contributed by atoms with Crippen molar-refractivity contribution in [3.8, 4) is 0 Å². The second kappa shape index (κ2) is 2.99. The maximum atomic E-state index is 11.7. The van der Waals surface area contributed by atoms with Crippen LogP contribution in [-0.4, -0.2) is 5.66 Å². The van der Waals surface area contributed by atoms with Crippen LogP contribution in [0.4, 0.5) is 0 Å². The molecule has 1 unspecified atom stereocenters. The molecule has 0 aliphatic heterocycles. The number of aryl methyl sites for hydroxylation is 1. The Morgan fingerprint density at radius 1 is 1.42 bits per heavy atom. The Hall–Kier alpha value is -0.680. The van der Waals surface area contributed by atoms with Gasteiger partial charge in [-0.15, -0.1) is 0 Å². The summed E-state index contributed by atoms with van der Waals surface area (Å²) in [4.78, 5) is 0. The van der Waals surface area contributed by atoms with Crippen LogP contribution >= 0.6 is 7.80 Å². The summed E-state index contributed by atoms with van der Waals surface area (Å²) in [7, 11) is -1.09. The van der Waals surface area contributed by atoms with Crippen molar-refractivity contribution in [3.63, 3.8) is 0 Å². The molecule has 2 heteroatoms. The lowest BCUT2D eigenvalue weighted by atomic mass is 10.2. The van der Waals surface area contributed by atoms with Gasteiger partial charge in [0.2, 0.25) is 0 Å². The molecule has 0 heterocycles. The van der Waals surface area contributed by atoms with Gasteiger partial charge in [-0.1, -0.05) is 16.7 Å². The largest absolute Gasteiger partial charge is 0.380 e. The van der Waals surface area contributed by atoms with Gasteiger partial charge in [-0.2, -0.15) is 0 Å². The predicted octanol–water partition coefficient (Wildman–Crippen LogP) is 2.61. The molecule has 0 saturated heterocycles. The smallest absolute Gasteiger partial charge is 0.0678 e. The van der Waals surface area contributed by atoms with Gasteiger partial charge in [0.15, 0.2) is 11.0 Å². The zero-order valence-electron chi connectivity index (χ0n) is 7.16. The van der Waals surface area contributed by atoms with E-state index in [1.807, 2.05) is 31.2 Å². The average Bonchev–Trinajstić information content (AvgIpc) is 2.85. The highest BCUT2D eigenvalue weighted by atomic mass is 31.1. The van der Waals surface area contributed by atoms with Crippen molar-refractivity contribution in [1.29, 1.82) is 0 Å². The Bertz CT molecular complexity index is 315. The third kappa shape index (κ3) is 1.56. The van der Waals surface area contributed by atoms with E-state index in [9.17, 15) is 4.57 Å². The second-order valence-electron chi connectivity index (χ2n) is 3.40. The van der Waals surface area contributed by atoms with Gasteiger partial charge < -0.3 is 0 Å². The summed E-state index contributed by atoms with van der Waals surface area (Å²) in [5.74, 6) is 0. The highest BCUT2D eigenvalue weighted by molar-refractivity contribution is 7.54. The summed E-state index contributed by atoms with van der Waals surface area (Å²) in [6.45, 7) is 2.04. The third-order valence-corrected chi connectivity index (χ3v) is 4.10. The van der Waals surface area contributed by atoms with Crippen molar-refractivity contribution in [2.75, 3.05) is 0 Å². The quantitative estimate of drug-likeness (QED) is 0.638. The van der Waals surface area contributed by atoms with Crippen molar-refractivity contribution < 1.29 is 4.57 Å². The first-order valence-corrected chi connectivity index (χ1v) is 5.63. The number of rotatable bonds is 2. The lowest BCUT2D eigenvalue weighted by Gasteiger charge is -1.89. The minimum atomic E-state index is -1.09. The van der Waals surface area contributed by atoms with Crippen LogP contribution in [-0.2, 0) is 4.57 Å². The minimum absolute atomic E-state index is 0.488. The van der Waals surface area contributed by atoms with Crippen LogP contribution in [0.3, 0.4) is 0 Å². The molecule has 1 nitrogen and oxygen atoms in total. The summed E-state index contributed by atoms with van der Waals surface area (Å²) in [5.41, 5.74) is 1.69. The van der Waals surface area contributed by atoms with Gasteiger partial charge in [0.25, 0.3) is 0 Å². The van der Waals surface area contributed by atoms with E-state index in [1.54, 1.807) is 0 Å². The summed E-state index contributed by atoms with van der Waals surface area (Å²) in [6, 6.07) is 8.04. The van der Waals surface area contributed by atoms with Crippen LogP contribution in [0, 0.1) is 6.92 Å². The molecule has 62 valence electrons. The Kier molecular flexibility index (Phi) is 1.98. The molecular formula is C10H12OP+. The Balaban J connectivity index is 2.26. The predicted molar refractivity (Wildman–Crippen MR) is 51.4 cm³/mol. The van der Waals surface area contributed by atoms with Crippen molar-refractivity contribution in [1.82, 2.24) is 0 Å². The highest BCUT2D eigenvalue weighted by Gasteiger charge is 2.42. The van der Waals surface area contributed by atoms with E-state index in [-0.39, 0.29) is 0 Å². The van der Waals surface area contributed by atoms with Crippen LogP contribution in [0.1, 0.15) is 18.4 Å². The summed E-state index contributed by atoms with van der Waals surface area (Å²) in [6.07, 6.45) is 2.31. The first-order valence-electron chi connectivity index (χ1n) is 4.30. The Morgan fingerprint density at radius 3 is 2.75 bits per heavy atom. The molecule has 2 rings (SSSR count). The van der Waals surface area contributed by atoms with E-state index >= 15 is 0 Å². The zero-order valence-corrected chi connectivity index (χ0v) is 8.05. The van der Waals surface area contributed by atoms with Crippen LogP contribution in [0.5, 0.6) is 0 Å². The van der Waals surface area contributed by atoms with Crippen molar-refractivity contribution in [2.45, 2.75) is 25.4 Å². The number of hydrogen-bond donors (Lipinski definition) is 0. The standard InChI is InChI=1S/C10H12OP/c1-8-3-2-4-10(7-8)12(11)9-5-6-9/h2-4,7,9H,5-6H2,1H3/q+1. The molecule has 12 heavy (non-hydrogen) atoms. The van der Waals surface area contributed by atoms with Gasteiger partial charge in [0, 0.05) is 0 Å². The van der Waals surface area contributed by atoms with E-state index < -0.39 is 7.80 Å². The van der Waals surface area contributed by atoms with E-state index in [2.05, 4.69) is 0 Å². The van der Waals surface area contributed by atoms with Crippen LogP contribution in [0.25, 0.3) is 0 Å². The van der Waals surface area contributed by atoms with Gasteiger partial charge in [0.05, 0.1) is 0 Å². The van der Waals surface area contributed by atoms with Crippen LogP contribution in [0.15, 0.2) is 24.3 Å². The van der Waals surface area contributed by atoms with E-state index in [0.717, 1.165) is 18.1 Å². The first kappa shape index (κ1) is 7.94. The SMILES string of the molecule is Cc1cccc([P+](=O)C2CC2)c1. The fourth-order valence-electron chi connectivity index (χ4n) is 1.28. The molecule has 1 saturated carbocycles. The molecule has 0 N–H and O–H groups in total. The molecule has 1 aliphatic carbocycles. The maximum absolute atomic E-state index is 11.7. The van der Waals surface area contributed by atoms with E-state index in [4.69, 9.17) is 0 Å². The molecule has 1 fully saturated rings. The normalized spacial score (nSPS) is 17.6. The Morgan fingerprint density at radius 2 is 2.17 bits per heavy atom. The van der Waals surface area contributed by atoms with Gasteiger partial charge in [-0.3, -0.25) is 0 Å². The summed E-state index contributed by atoms with van der Waals surface area (Å²) in [5, 5.41) is 1.03. The first-order chi connectivity index (χ1) is 5.77. The fraction of sp³-hybridized carbons (Fsp3) is 0.400. The van der Waals surface area contributed by atoms with E-state index in [1.165, 1.54) is 5.56 Å². The molecule has 0 amide bonds. The van der Waals surface area contributed by atoms with Gasteiger partial charge in [-0.05, 0) is 37.5 Å². The zero-order chi connectivity index (χ0) is 8.55. The topological polar surface area (TPSA) is 17.1 Å². The number of hydrogen-bond acceptors (Lipinski definition) is 1. The molecule has 0 radical (unpaired) electrons. The lowest BCUT2D eigenvalue weighted by molar-refractivity contribution is 0.592. The minimum Gasteiger partial charge on any atom is -0.0678 e. The second-order valence-corrected chi connectivity index (χ2v) is 5.29.